The lowest BCUT2D eigenvalue weighted by Gasteiger charge is -2.12. The van der Waals surface area contributed by atoms with Crippen molar-refractivity contribution >= 4 is 16.7 Å². The summed E-state index contributed by atoms with van der Waals surface area (Å²) in [4.78, 5) is 16.6. The number of ether oxygens (including phenoxy) is 1. The van der Waals surface area contributed by atoms with Gasteiger partial charge >= 0.3 is 0 Å². The average molecular weight is 257 g/mol. The van der Waals surface area contributed by atoms with Crippen LogP contribution in [0.1, 0.15) is 25.5 Å². The molecule has 0 spiro atoms. The van der Waals surface area contributed by atoms with Crippen molar-refractivity contribution in [3.63, 3.8) is 0 Å². The Bertz CT molecular complexity index is 565. The van der Waals surface area contributed by atoms with Crippen LogP contribution in [0.25, 0.3) is 10.9 Å². The predicted octanol–water partition coefficient (Wildman–Crippen LogP) is 3.16. The number of rotatable bonds is 6. The minimum Gasteiger partial charge on any atom is -0.374 e. The van der Waals surface area contributed by atoms with Crippen molar-refractivity contribution in [2.24, 2.45) is 0 Å². The number of hydrogen-bond acceptors (Lipinski definition) is 3. The number of Topliss-reactive ketones (excluding diaryl/α,β-unsaturated/α-hetero) is 1. The Morgan fingerprint density at radius 1 is 1.26 bits per heavy atom. The van der Waals surface area contributed by atoms with Crippen molar-refractivity contribution < 1.29 is 9.53 Å². The Morgan fingerprint density at radius 2 is 2.05 bits per heavy atom. The Morgan fingerprint density at radius 3 is 2.79 bits per heavy atom. The molecule has 19 heavy (non-hydrogen) atoms. The van der Waals surface area contributed by atoms with E-state index in [9.17, 15) is 4.79 Å². The van der Waals surface area contributed by atoms with Crippen LogP contribution >= 0.6 is 0 Å². The second-order valence-electron chi connectivity index (χ2n) is 4.65. The molecule has 1 heterocycles. The number of fused-ring (bicyclic) bond motifs is 1. The second-order valence-corrected chi connectivity index (χ2v) is 4.65. The molecular weight excluding hydrogens is 238 g/mol. The van der Waals surface area contributed by atoms with E-state index in [1.165, 1.54) is 0 Å². The summed E-state index contributed by atoms with van der Waals surface area (Å²) >= 11 is 0. The van der Waals surface area contributed by atoms with Crippen LogP contribution in [-0.2, 0) is 16.0 Å². The lowest BCUT2D eigenvalue weighted by Crippen LogP contribution is -2.24. The molecule has 3 nitrogen and oxygen atoms in total. The molecule has 2 aromatic rings. The molecule has 0 radical (unpaired) electrons. The predicted molar refractivity (Wildman–Crippen MR) is 76.2 cm³/mol. The highest BCUT2D eigenvalue weighted by Crippen LogP contribution is 2.13. The van der Waals surface area contributed by atoms with E-state index < -0.39 is 0 Å². The Kier molecular flexibility index (Phi) is 4.63. The number of methoxy groups -OCH3 is 1. The van der Waals surface area contributed by atoms with Crippen molar-refractivity contribution in [2.75, 3.05) is 7.11 Å². The first-order valence-corrected chi connectivity index (χ1v) is 6.64. The number of benzene rings is 1. The third-order valence-electron chi connectivity index (χ3n) is 3.21. The molecule has 0 amide bonds. The largest absolute Gasteiger partial charge is 0.374 e. The lowest BCUT2D eigenvalue weighted by molar-refractivity contribution is -0.128. The fourth-order valence-electron chi connectivity index (χ4n) is 2.17. The van der Waals surface area contributed by atoms with Gasteiger partial charge in [-0.05, 0) is 18.6 Å². The Hall–Kier alpha value is -1.74. The first-order chi connectivity index (χ1) is 9.24. The average Bonchev–Trinajstić information content (AvgIpc) is 2.44. The van der Waals surface area contributed by atoms with Crippen molar-refractivity contribution in [3.8, 4) is 0 Å². The minimum atomic E-state index is -0.307. The van der Waals surface area contributed by atoms with Crippen LogP contribution in [0.3, 0.4) is 0 Å². The van der Waals surface area contributed by atoms with Crippen LogP contribution in [0.5, 0.6) is 0 Å². The smallest absolute Gasteiger partial charge is 0.167 e. The maximum atomic E-state index is 12.1. The first-order valence-electron chi connectivity index (χ1n) is 6.64. The molecule has 1 atom stereocenters. The summed E-state index contributed by atoms with van der Waals surface area (Å²) in [7, 11) is 1.59. The van der Waals surface area contributed by atoms with Gasteiger partial charge in [0.2, 0.25) is 0 Å². The van der Waals surface area contributed by atoms with Gasteiger partial charge in [0.1, 0.15) is 6.10 Å². The van der Waals surface area contributed by atoms with Crippen molar-refractivity contribution in [2.45, 2.75) is 32.3 Å². The summed E-state index contributed by atoms with van der Waals surface area (Å²) in [6, 6.07) is 11.8. The van der Waals surface area contributed by atoms with E-state index in [0.29, 0.717) is 6.42 Å². The molecule has 3 heteroatoms. The van der Waals surface area contributed by atoms with Gasteiger partial charge in [0.25, 0.3) is 0 Å². The maximum Gasteiger partial charge on any atom is 0.167 e. The summed E-state index contributed by atoms with van der Waals surface area (Å²) in [6.45, 7) is 2.05. The summed E-state index contributed by atoms with van der Waals surface area (Å²) < 4.78 is 5.23. The molecule has 0 saturated heterocycles. The molecule has 1 aromatic heterocycles. The lowest BCUT2D eigenvalue weighted by atomic mass is 10.0. The zero-order valence-corrected chi connectivity index (χ0v) is 11.4. The number of carbonyl (C=O) groups is 1. The third-order valence-corrected chi connectivity index (χ3v) is 3.21. The fraction of sp³-hybridized carbons (Fsp3) is 0.375. The normalized spacial score (nSPS) is 12.5. The molecule has 0 aliphatic rings. The quantitative estimate of drug-likeness (QED) is 0.798. The van der Waals surface area contributed by atoms with Crippen LogP contribution in [0.2, 0.25) is 0 Å². The van der Waals surface area contributed by atoms with Gasteiger partial charge in [-0.3, -0.25) is 9.78 Å². The molecular formula is C16H19NO2. The number of para-hydroxylation sites is 1. The zero-order chi connectivity index (χ0) is 13.7. The second kappa shape index (κ2) is 6.43. The topological polar surface area (TPSA) is 39.2 Å². The van der Waals surface area contributed by atoms with E-state index in [4.69, 9.17) is 4.74 Å². The number of ketones is 1. The SMILES string of the molecule is CCCC(OC)C(=O)Cc1ccc2ccccc2n1. The standard InChI is InChI=1S/C16H19NO2/c1-3-6-16(19-2)15(18)11-13-10-9-12-7-4-5-8-14(12)17-13/h4-5,7-10,16H,3,6,11H2,1-2H3. The van der Waals surface area contributed by atoms with Gasteiger partial charge in [0.05, 0.1) is 11.9 Å². The number of hydrogen-bond donors (Lipinski definition) is 0. The summed E-state index contributed by atoms with van der Waals surface area (Å²) in [5.41, 5.74) is 1.74. The number of aromatic nitrogens is 1. The Labute approximate surface area is 113 Å². The van der Waals surface area contributed by atoms with Gasteiger partial charge in [0.15, 0.2) is 5.78 Å². The van der Waals surface area contributed by atoms with Gasteiger partial charge in [-0.1, -0.05) is 37.6 Å². The van der Waals surface area contributed by atoms with E-state index in [1.54, 1.807) is 7.11 Å². The zero-order valence-electron chi connectivity index (χ0n) is 11.4. The van der Waals surface area contributed by atoms with Crippen LogP contribution in [0.4, 0.5) is 0 Å². The van der Waals surface area contributed by atoms with Crippen LogP contribution in [0, 0.1) is 0 Å². The van der Waals surface area contributed by atoms with Crippen molar-refractivity contribution in [1.82, 2.24) is 4.98 Å². The van der Waals surface area contributed by atoms with E-state index in [-0.39, 0.29) is 11.9 Å². The highest BCUT2D eigenvalue weighted by atomic mass is 16.5. The molecule has 0 aliphatic heterocycles. The van der Waals surface area contributed by atoms with E-state index in [0.717, 1.165) is 29.4 Å². The van der Waals surface area contributed by atoms with E-state index >= 15 is 0 Å². The molecule has 2 rings (SSSR count). The van der Waals surface area contributed by atoms with Crippen LogP contribution in [0.15, 0.2) is 36.4 Å². The van der Waals surface area contributed by atoms with Gasteiger partial charge in [-0.25, -0.2) is 0 Å². The van der Waals surface area contributed by atoms with Crippen LogP contribution < -0.4 is 0 Å². The fourth-order valence-corrected chi connectivity index (χ4v) is 2.17. The monoisotopic (exact) mass is 257 g/mol. The molecule has 0 N–H and O–H groups in total. The molecule has 0 saturated carbocycles. The highest BCUT2D eigenvalue weighted by molar-refractivity contribution is 5.86. The molecule has 1 unspecified atom stereocenters. The molecule has 0 fully saturated rings. The summed E-state index contributed by atoms with van der Waals surface area (Å²) in [5.74, 6) is 0.104. The third kappa shape index (κ3) is 3.38. The Balaban J connectivity index is 2.14. The van der Waals surface area contributed by atoms with Crippen molar-refractivity contribution in [3.05, 3.63) is 42.1 Å². The molecule has 0 bridgehead atoms. The van der Waals surface area contributed by atoms with Gasteiger partial charge in [-0.2, -0.15) is 0 Å². The molecule has 100 valence electrons. The summed E-state index contributed by atoms with van der Waals surface area (Å²) in [5, 5.41) is 1.09. The minimum absolute atomic E-state index is 0.104. The van der Waals surface area contributed by atoms with Crippen LogP contribution in [-0.4, -0.2) is 24.0 Å². The van der Waals surface area contributed by atoms with E-state index in [1.807, 2.05) is 43.3 Å². The van der Waals surface area contributed by atoms with Gasteiger partial charge in [-0.15, -0.1) is 0 Å². The first kappa shape index (κ1) is 13.7. The van der Waals surface area contributed by atoms with Gasteiger partial charge < -0.3 is 4.74 Å². The molecule has 0 aliphatic carbocycles. The molecule has 1 aromatic carbocycles. The highest BCUT2D eigenvalue weighted by Gasteiger charge is 2.17. The van der Waals surface area contributed by atoms with E-state index in [2.05, 4.69) is 4.98 Å². The number of nitrogens with zero attached hydrogens (tertiary/aromatic N) is 1. The maximum absolute atomic E-state index is 12.1. The number of carbonyl (C=O) groups excluding carboxylic acids is 1. The number of pyridine rings is 1. The van der Waals surface area contributed by atoms with Gasteiger partial charge in [0, 0.05) is 18.2 Å². The summed E-state index contributed by atoms with van der Waals surface area (Å²) in [6.07, 6.45) is 1.74. The van der Waals surface area contributed by atoms with Crippen molar-refractivity contribution in [1.29, 1.82) is 0 Å².